The van der Waals surface area contributed by atoms with Gasteiger partial charge in [0.15, 0.2) is 11.5 Å². The monoisotopic (exact) mass is 547 g/mol. The number of benzene rings is 1. The molecule has 4 heterocycles. The number of rotatable bonds is 5. The number of hydrogen-bond donors (Lipinski definition) is 0. The third kappa shape index (κ3) is 4.04. The molecule has 6 rings (SSSR count). The SMILES string of the molecule is Cc1ccnc(C(=O)C23Cc4cnn(-c5ccc(F)cc5)c4C=C2CCN(S(=O)(=O)c2c(C)noc2C)C3)c1. The number of pyridine rings is 1. The summed E-state index contributed by atoms with van der Waals surface area (Å²) in [6.45, 7) is 5.17. The van der Waals surface area contributed by atoms with Gasteiger partial charge in [0, 0.05) is 19.3 Å². The zero-order valence-electron chi connectivity index (χ0n) is 21.7. The lowest BCUT2D eigenvalue weighted by atomic mass is 9.65. The lowest BCUT2D eigenvalue weighted by Crippen LogP contribution is -2.53. The van der Waals surface area contributed by atoms with Crippen molar-refractivity contribution < 1.29 is 22.1 Å². The van der Waals surface area contributed by atoms with Crippen molar-refractivity contribution in [3.8, 4) is 5.69 Å². The van der Waals surface area contributed by atoms with Crippen LogP contribution in [0.4, 0.5) is 4.39 Å². The summed E-state index contributed by atoms with van der Waals surface area (Å²) in [5.41, 5.74) is 3.36. The third-order valence-electron chi connectivity index (χ3n) is 7.60. The third-order valence-corrected chi connectivity index (χ3v) is 9.69. The molecule has 1 aliphatic heterocycles. The van der Waals surface area contributed by atoms with Crippen LogP contribution in [0.15, 0.2) is 63.8 Å². The quantitative estimate of drug-likeness (QED) is 0.344. The Morgan fingerprint density at radius 1 is 1.13 bits per heavy atom. The van der Waals surface area contributed by atoms with E-state index in [-0.39, 0.29) is 53.2 Å². The number of nitrogens with zero attached hydrogens (tertiary/aromatic N) is 5. The summed E-state index contributed by atoms with van der Waals surface area (Å²) in [5, 5.41) is 8.37. The fourth-order valence-corrected chi connectivity index (χ4v) is 7.48. The summed E-state index contributed by atoms with van der Waals surface area (Å²) >= 11 is 0. The van der Waals surface area contributed by atoms with E-state index >= 15 is 0 Å². The average Bonchev–Trinajstić information content (AvgIpc) is 3.48. The molecule has 1 unspecified atom stereocenters. The zero-order valence-corrected chi connectivity index (χ0v) is 22.5. The number of fused-ring (bicyclic) bond motifs is 2. The summed E-state index contributed by atoms with van der Waals surface area (Å²) in [6.07, 6.45) is 5.80. The highest BCUT2D eigenvalue weighted by Gasteiger charge is 2.52. The van der Waals surface area contributed by atoms with E-state index in [1.165, 1.54) is 16.4 Å². The van der Waals surface area contributed by atoms with Gasteiger partial charge in [-0.05, 0) is 87.2 Å². The molecule has 1 saturated heterocycles. The van der Waals surface area contributed by atoms with Crippen LogP contribution in [0, 0.1) is 32.0 Å². The predicted octanol–water partition coefficient (Wildman–Crippen LogP) is 4.22. The first-order chi connectivity index (χ1) is 18.6. The van der Waals surface area contributed by atoms with Gasteiger partial charge in [-0.3, -0.25) is 9.78 Å². The molecule has 1 atom stereocenters. The minimum atomic E-state index is -3.99. The maximum atomic E-state index is 14.3. The van der Waals surface area contributed by atoms with Gasteiger partial charge < -0.3 is 4.52 Å². The minimum absolute atomic E-state index is 0.0341. The van der Waals surface area contributed by atoms with Crippen molar-refractivity contribution in [2.24, 2.45) is 5.41 Å². The average molecular weight is 548 g/mol. The van der Waals surface area contributed by atoms with Gasteiger partial charge in [-0.15, -0.1) is 0 Å². The molecule has 1 aromatic carbocycles. The van der Waals surface area contributed by atoms with E-state index < -0.39 is 15.4 Å². The predicted molar refractivity (Wildman–Crippen MR) is 140 cm³/mol. The number of piperidine rings is 1. The number of aryl methyl sites for hydroxylation is 3. The molecule has 0 bridgehead atoms. The van der Waals surface area contributed by atoms with Crippen molar-refractivity contribution in [3.05, 3.63) is 94.2 Å². The van der Waals surface area contributed by atoms with E-state index in [0.29, 0.717) is 12.1 Å². The molecule has 1 aliphatic carbocycles. The van der Waals surface area contributed by atoms with Gasteiger partial charge in [-0.25, -0.2) is 17.5 Å². The molecule has 9 nitrogen and oxygen atoms in total. The first-order valence-corrected chi connectivity index (χ1v) is 14.0. The normalized spacial score (nSPS) is 19.3. The number of aromatic nitrogens is 4. The van der Waals surface area contributed by atoms with Crippen LogP contribution in [0.2, 0.25) is 0 Å². The van der Waals surface area contributed by atoms with Gasteiger partial charge in [0.1, 0.15) is 22.1 Å². The molecular formula is C28H26FN5O4S. The summed E-state index contributed by atoms with van der Waals surface area (Å²) in [7, 11) is -3.99. The van der Waals surface area contributed by atoms with Crippen molar-refractivity contribution in [1.29, 1.82) is 0 Å². The number of halogens is 1. The van der Waals surface area contributed by atoms with E-state index in [0.717, 1.165) is 22.4 Å². The van der Waals surface area contributed by atoms with Gasteiger partial charge in [0.05, 0.1) is 23.0 Å². The maximum absolute atomic E-state index is 14.3. The fraction of sp³-hybridized carbons (Fsp3) is 0.286. The molecular weight excluding hydrogens is 521 g/mol. The largest absolute Gasteiger partial charge is 0.360 e. The molecule has 11 heteroatoms. The molecule has 4 aromatic rings. The summed E-state index contributed by atoms with van der Waals surface area (Å²) in [5.74, 6) is -0.377. The molecule has 39 heavy (non-hydrogen) atoms. The van der Waals surface area contributed by atoms with Crippen molar-refractivity contribution in [2.75, 3.05) is 13.1 Å². The molecule has 0 N–H and O–H groups in total. The molecule has 0 saturated carbocycles. The number of Topliss-reactive ketones (excluding diaryl/α,β-unsaturated/α-hetero) is 1. The number of hydrogen-bond acceptors (Lipinski definition) is 7. The molecule has 0 radical (unpaired) electrons. The van der Waals surface area contributed by atoms with Crippen LogP contribution in [-0.2, 0) is 16.4 Å². The molecule has 0 amide bonds. The minimum Gasteiger partial charge on any atom is -0.360 e. The Balaban J connectivity index is 1.47. The van der Waals surface area contributed by atoms with Crippen molar-refractivity contribution >= 4 is 21.9 Å². The van der Waals surface area contributed by atoms with Crippen LogP contribution in [-0.4, -0.2) is 51.5 Å². The van der Waals surface area contributed by atoms with Crippen molar-refractivity contribution in [2.45, 2.75) is 38.5 Å². The Labute approximate surface area is 225 Å². The molecule has 0 spiro atoms. The van der Waals surface area contributed by atoms with Crippen LogP contribution in [0.5, 0.6) is 0 Å². The van der Waals surface area contributed by atoms with E-state index in [1.807, 2.05) is 19.1 Å². The van der Waals surface area contributed by atoms with E-state index in [2.05, 4.69) is 15.2 Å². The lowest BCUT2D eigenvalue weighted by molar-refractivity contribution is 0.0770. The van der Waals surface area contributed by atoms with Crippen molar-refractivity contribution in [3.63, 3.8) is 0 Å². The highest BCUT2D eigenvalue weighted by Crippen LogP contribution is 2.47. The smallest absolute Gasteiger partial charge is 0.248 e. The van der Waals surface area contributed by atoms with Gasteiger partial charge in [-0.1, -0.05) is 10.7 Å². The zero-order chi connectivity index (χ0) is 27.5. The summed E-state index contributed by atoms with van der Waals surface area (Å²) in [6, 6.07) is 9.57. The van der Waals surface area contributed by atoms with Crippen LogP contribution in [0.1, 0.15) is 45.2 Å². The Morgan fingerprint density at radius 3 is 2.59 bits per heavy atom. The molecule has 200 valence electrons. The number of carbonyl (C=O) groups is 1. The Hall–Kier alpha value is -3.96. The molecule has 2 aliphatic rings. The second kappa shape index (κ2) is 9.06. The van der Waals surface area contributed by atoms with Gasteiger partial charge in [0.25, 0.3) is 0 Å². The number of carbonyl (C=O) groups excluding carboxylic acids is 1. The summed E-state index contributed by atoms with van der Waals surface area (Å²) in [4.78, 5) is 18.7. The topological polar surface area (TPSA) is 111 Å². The van der Waals surface area contributed by atoms with Crippen LogP contribution in [0.25, 0.3) is 11.8 Å². The van der Waals surface area contributed by atoms with Gasteiger partial charge >= 0.3 is 0 Å². The Morgan fingerprint density at radius 2 is 1.90 bits per heavy atom. The van der Waals surface area contributed by atoms with Crippen LogP contribution < -0.4 is 0 Å². The van der Waals surface area contributed by atoms with E-state index in [1.54, 1.807) is 49.1 Å². The number of sulfonamides is 1. The Kier molecular flexibility index (Phi) is 5.88. The lowest BCUT2D eigenvalue weighted by Gasteiger charge is -2.44. The van der Waals surface area contributed by atoms with E-state index in [9.17, 15) is 17.6 Å². The number of ketones is 1. The van der Waals surface area contributed by atoms with E-state index in [4.69, 9.17) is 4.52 Å². The second-order valence-electron chi connectivity index (χ2n) is 10.2. The Bertz CT molecular complexity index is 1740. The molecule has 3 aromatic heterocycles. The van der Waals surface area contributed by atoms with Crippen molar-refractivity contribution in [1.82, 2.24) is 24.2 Å². The second-order valence-corrected chi connectivity index (χ2v) is 12.0. The van der Waals surface area contributed by atoms with Crippen LogP contribution in [0.3, 0.4) is 0 Å². The van der Waals surface area contributed by atoms with Gasteiger partial charge in [0.2, 0.25) is 10.0 Å². The van der Waals surface area contributed by atoms with Crippen LogP contribution >= 0.6 is 0 Å². The summed E-state index contributed by atoms with van der Waals surface area (Å²) < 4.78 is 49.4. The van der Waals surface area contributed by atoms with Gasteiger partial charge in [-0.2, -0.15) is 9.40 Å². The maximum Gasteiger partial charge on any atom is 0.248 e. The molecule has 1 fully saturated rings. The first-order valence-electron chi connectivity index (χ1n) is 12.5. The fourth-order valence-electron chi connectivity index (χ4n) is 5.69. The standard InChI is InChI=1S/C28H26FN5O4S/c1-17-8-10-30-24(12-17)27(35)28-14-20-15-31-34(23-6-4-22(29)5-7-23)25(20)13-21(28)9-11-33(16-28)39(36,37)26-18(2)32-38-19(26)3/h4-8,10,12-13,15H,9,11,14,16H2,1-3H3. The highest BCUT2D eigenvalue weighted by molar-refractivity contribution is 7.89. The highest BCUT2D eigenvalue weighted by atomic mass is 32.2. The first kappa shape index (κ1) is 25.3.